The van der Waals surface area contributed by atoms with E-state index in [1.54, 1.807) is 0 Å². The molecule has 0 radical (unpaired) electrons. The monoisotopic (exact) mass is 182 g/mol. The maximum Gasteiger partial charge on any atom is 0.413 e. The number of carbonyl (C=O) groups is 1. The van der Waals surface area contributed by atoms with Crippen molar-refractivity contribution >= 4 is 5.97 Å². The Balaban J connectivity index is 4.83. The zero-order valence-electron chi connectivity index (χ0n) is 6.70. The normalized spacial score (nSPS) is 12.8. The Morgan fingerprint density at radius 2 is 1.67 bits per heavy atom. The lowest BCUT2D eigenvalue weighted by atomic mass is 9.85. The molecule has 0 aromatic carbocycles. The highest BCUT2D eigenvalue weighted by Gasteiger charge is 2.45. The maximum atomic E-state index is 11.9. The van der Waals surface area contributed by atoms with Crippen molar-refractivity contribution in [2.45, 2.75) is 20.0 Å². The topological polar surface area (TPSA) is 37.3 Å². The smallest absolute Gasteiger partial charge is 0.413 e. The number of halogens is 3. The first-order valence-corrected chi connectivity index (χ1v) is 3.10. The summed E-state index contributed by atoms with van der Waals surface area (Å²) in [6, 6.07) is 0. The van der Waals surface area contributed by atoms with Crippen LogP contribution in [-0.4, -0.2) is 17.3 Å². The molecule has 0 unspecified atom stereocenters. The predicted octanol–water partition coefficient (Wildman–Crippen LogP) is 2.22. The average molecular weight is 182 g/mol. The van der Waals surface area contributed by atoms with Crippen molar-refractivity contribution in [1.29, 1.82) is 0 Å². The van der Waals surface area contributed by atoms with Gasteiger partial charge in [0.1, 0.15) is 0 Å². The summed E-state index contributed by atoms with van der Waals surface area (Å²) in [6.07, 6.45) is -4.65. The molecule has 0 aliphatic heterocycles. The number of aliphatic carboxylic acids is 1. The maximum absolute atomic E-state index is 11.9. The quantitative estimate of drug-likeness (QED) is 0.665. The largest absolute Gasteiger partial charge is 0.481 e. The molecule has 12 heavy (non-hydrogen) atoms. The van der Waals surface area contributed by atoms with Gasteiger partial charge in [-0.15, -0.1) is 0 Å². The van der Waals surface area contributed by atoms with Gasteiger partial charge in [-0.25, -0.2) is 0 Å². The summed E-state index contributed by atoms with van der Waals surface area (Å²) in [4.78, 5) is 10.3. The van der Waals surface area contributed by atoms with Crippen LogP contribution in [0.4, 0.5) is 13.2 Å². The fourth-order valence-corrected chi connectivity index (χ4v) is 0.483. The van der Waals surface area contributed by atoms with Crippen molar-refractivity contribution in [1.82, 2.24) is 0 Å². The van der Waals surface area contributed by atoms with E-state index in [-0.39, 0.29) is 0 Å². The first-order chi connectivity index (χ1) is 5.10. The lowest BCUT2D eigenvalue weighted by molar-refractivity contribution is -0.152. The fourth-order valence-electron chi connectivity index (χ4n) is 0.483. The van der Waals surface area contributed by atoms with Gasteiger partial charge in [0.05, 0.1) is 5.41 Å². The van der Waals surface area contributed by atoms with Gasteiger partial charge in [-0.3, -0.25) is 4.79 Å². The summed E-state index contributed by atoms with van der Waals surface area (Å²) in [5, 5.41) is 8.41. The van der Waals surface area contributed by atoms with Crippen LogP contribution in [-0.2, 0) is 4.79 Å². The van der Waals surface area contributed by atoms with Gasteiger partial charge in [-0.1, -0.05) is 6.58 Å². The minimum absolute atomic E-state index is 0.963. The third kappa shape index (κ3) is 1.99. The highest BCUT2D eigenvalue weighted by molar-refractivity contribution is 5.77. The van der Waals surface area contributed by atoms with Gasteiger partial charge in [0.15, 0.2) is 0 Å². The third-order valence-electron chi connectivity index (χ3n) is 1.63. The van der Waals surface area contributed by atoms with E-state index in [4.69, 9.17) is 5.11 Å². The van der Waals surface area contributed by atoms with E-state index in [1.165, 1.54) is 0 Å². The van der Waals surface area contributed by atoms with Crippen LogP contribution in [0, 0.1) is 5.41 Å². The standard InChI is InChI=1S/C7H9F3O2/c1-4(7(8,9)10)6(2,3)5(11)12/h1H2,2-3H3,(H,11,12). The van der Waals surface area contributed by atoms with Gasteiger partial charge in [0.25, 0.3) is 0 Å². The number of hydrogen-bond donors (Lipinski definition) is 1. The Bertz CT molecular complexity index is 215. The number of carboxylic acids is 1. The number of alkyl halides is 3. The summed E-state index contributed by atoms with van der Waals surface area (Å²) in [7, 11) is 0. The molecule has 70 valence electrons. The van der Waals surface area contributed by atoms with Crippen LogP contribution in [0.15, 0.2) is 12.2 Å². The fraction of sp³-hybridized carbons (Fsp3) is 0.571. The van der Waals surface area contributed by atoms with Crippen molar-refractivity contribution in [2.75, 3.05) is 0 Å². The molecular weight excluding hydrogens is 173 g/mol. The molecule has 0 aliphatic rings. The van der Waals surface area contributed by atoms with Crippen molar-refractivity contribution in [3.8, 4) is 0 Å². The summed E-state index contributed by atoms with van der Waals surface area (Å²) in [6.45, 7) is 4.64. The molecule has 0 aliphatic carbocycles. The Morgan fingerprint density at radius 3 is 1.75 bits per heavy atom. The molecule has 2 nitrogen and oxygen atoms in total. The average Bonchev–Trinajstić information content (AvgIpc) is 1.83. The Kier molecular flexibility index (Phi) is 2.57. The lowest BCUT2D eigenvalue weighted by Gasteiger charge is -2.23. The molecule has 0 rings (SSSR count). The predicted molar refractivity (Wildman–Crippen MR) is 36.6 cm³/mol. The minimum atomic E-state index is -4.65. The minimum Gasteiger partial charge on any atom is -0.481 e. The Hall–Kier alpha value is -1.00. The van der Waals surface area contributed by atoms with Crippen molar-refractivity contribution in [2.24, 2.45) is 5.41 Å². The first kappa shape index (κ1) is 11.0. The molecule has 0 amide bonds. The first-order valence-electron chi connectivity index (χ1n) is 3.10. The molecule has 0 aromatic rings. The molecule has 0 aromatic heterocycles. The van der Waals surface area contributed by atoms with Gasteiger partial charge in [0.2, 0.25) is 0 Å². The van der Waals surface area contributed by atoms with Crippen LogP contribution in [0.1, 0.15) is 13.8 Å². The Labute approximate surface area is 67.7 Å². The summed E-state index contributed by atoms with van der Waals surface area (Å²) >= 11 is 0. The molecule has 1 N–H and O–H groups in total. The number of carboxylic acid groups (broad SMARTS) is 1. The molecule has 0 saturated heterocycles. The van der Waals surface area contributed by atoms with Crippen LogP contribution in [0.25, 0.3) is 0 Å². The number of rotatable bonds is 2. The van der Waals surface area contributed by atoms with Gasteiger partial charge >= 0.3 is 12.1 Å². The molecule has 0 saturated carbocycles. The molecule has 0 fully saturated rings. The summed E-state index contributed by atoms with van der Waals surface area (Å²) in [5.74, 6) is -1.54. The van der Waals surface area contributed by atoms with Gasteiger partial charge in [-0.2, -0.15) is 13.2 Å². The van der Waals surface area contributed by atoms with Gasteiger partial charge in [-0.05, 0) is 13.8 Å². The van der Waals surface area contributed by atoms with Crippen molar-refractivity contribution < 1.29 is 23.1 Å². The SMILES string of the molecule is C=C(C(F)(F)F)C(C)(C)C(=O)O. The van der Waals surface area contributed by atoms with E-state index in [9.17, 15) is 18.0 Å². The zero-order valence-corrected chi connectivity index (χ0v) is 6.70. The van der Waals surface area contributed by atoms with Crippen LogP contribution in [0.5, 0.6) is 0 Å². The van der Waals surface area contributed by atoms with Gasteiger partial charge in [0, 0.05) is 5.57 Å². The summed E-state index contributed by atoms with van der Waals surface area (Å²) in [5.41, 5.74) is -3.21. The molecule has 0 spiro atoms. The van der Waals surface area contributed by atoms with Crippen LogP contribution in [0.3, 0.4) is 0 Å². The van der Waals surface area contributed by atoms with Crippen molar-refractivity contribution in [3.63, 3.8) is 0 Å². The molecular formula is C7H9F3O2. The second kappa shape index (κ2) is 2.80. The Morgan fingerprint density at radius 1 is 1.33 bits per heavy atom. The molecule has 0 heterocycles. The van der Waals surface area contributed by atoms with Crippen LogP contribution < -0.4 is 0 Å². The van der Waals surface area contributed by atoms with E-state index in [2.05, 4.69) is 6.58 Å². The summed E-state index contributed by atoms with van der Waals surface area (Å²) < 4.78 is 35.8. The second-order valence-corrected chi connectivity index (χ2v) is 2.91. The van der Waals surface area contributed by atoms with Crippen molar-refractivity contribution in [3.05, 3.63) is 12.2 Å². The third-order valence-corrected chi connectivity index (χ3v) is 1.63. The molecule has 0 atom stereocenters. The molecule has 5 heteroatoms. The van der Waals surface area contributed by atoms with E-state index in [0.29, 0.717) is 0 Å². The zero-order chi connectivity index (χ0) is 10.2. The van der Waals surface area contributed by atoms with E-state index in [1.807, 2.05) is 0 Å². The highest BCUT2D eigenvalue weighted by Crippen LogP contribution is 2.37. The lowest BCUT2D eigenvalue weighted by Crippen LogP contribution is -2.33. The second-order valence-electron chi connectivity index (χ2n) is 2.91. The van der Waals surface area contributed by atoms with Gasteiger partial charge < -0.3 is 5.11 Å². The highest BCUT2D eigenvalue weighted by atomic mass is 19.4. The van der Waals surface area contributed by atoms with E-state index in [0.717, 1.165) is 13.8 Å². The van der Waals surface area contributed by atoms with Crippen LogP contribution >= 0.6 is 0 Å². The van der Waals surface area contributed by atoms with E-state index >= 15 is 0 Å². The number of hydrogen-bond acceptors (Lipinski definition) is 1. The van der Waals surface area contributed by atoms with Crippen LogP contribution in [0.2, 0.25) is 0 Å². The molecule has 0 bridgehead atoms. The van der Waals surface area contributed by atoms with E-state index < -0.39 is 23.1 Å².